The number of rotatable bonds is 4. The first-order valence-corrected chi connectivity index (χ1v) is 4.61. The van der Waals surface area contributed by atoms with Crippen molar-refractivity contribution < 1.29 is 5.21 Å². The Kier molecular flexibility index (Phi) is 4.69. The van der Waals surface area contributed by atoms with Crippen LogP contribution in [0.3, 0.4) is 0 Å². The summed E-state index contributed by atoms with van der Waals surface area (Å²) in [6, 6.07) is 0. The molecule has 1 rings (SSSR count). The van der Waals surface area contributed by atoms with Crippen LogP contribution >= 0.6 is 0 Å². The van der Waals surface area contributed by atoms with Crippen LogP contribution in [0.15, 0.2) is 41.6 Å². The van der Waals surface area contributed by atoms with E-state index in [1.807, 2.05) is 12.2 Å². The van der Waals surface area contributed by atoms with Crippen LogP contribution in [0.4, 0.5) is 0 Å². The van der Waals surface area contributed by atoms with Crippen molar-refractivity contribution in [1.82, 2.24) is 0 Å². The lowest BCUT2D eigenvalue weighted by atomic mass is 10.0. The van der Waals surface area contributed by atoms with E-state index in [1.54, 1.807) is 6.21 Å². The van der Waals surface area contributed by atoms with Crippen molar-refractivity contribution in [1.29, 1.82) is 0 Å². The van der Waals surface area contributed by atoms with Crippen molar-refractivity contribution >= 4 is 6.21 Å². The normalized spacial score (nSPS) is 16.9. The quantitative estimate of drug-likeness (QED) is 0.304. The molecule has 0 aliphatic heterocycles. The van der Waals surface area contributed by atoms with Gasteiger partial charge in [0.25, 0.3) is 0 Å². The Morgan fingerprint density at radius 2 is 1.85 bits per heavy atom. The largest absolute Gasteiger partial charge is 0.411 e. The monoisotopic (exact) mass is 177 g/mol. The summed E-state index contributed by atoms with van der Waals surface area (Å²) in [7, 11) is 0. The summed E-state index contributed by atoms with van der Waals surface area (Å²) in [6.45, 7) is 0. The number of nitrogens with zero attached hydrogens (tertiary/aromatic N) is 1. The Morgan fingerprint density at radius 3 is 2.46 bits per heavy atom. The van der Waals surface area contributed by atoms with Gasteiger partial charge in [-0.25, -0.2) is 0 Å². The number of hydrogen-bond acceptors (Lipinski definition) is 2. The molecule has 1 aliphatic rings. The zero-order chi connectivity index (χ0) is 9.36. The van der Waals surface area contributed by atoms with Crippen LogP contribution in [0.5, 0.6) is 0 Å². The average Bonchev–Trinajstić information content (AvgIpc) is 2.41. The number of allylic oxidation sites excluding steroid dienone is 6. The van der Waals surface area contributed by atoms with Crippen molar-refractivity contribution in [2.45, 2.75) is 19.3 Å². The second-order valence-corrected chi connectivity index (χ2v) is 3.05. The van der Waals surface area contributed by atoms with E-state index in [1.165, 1.54) is 0 Å². The minimum atomic E-state index is 0.530. The van der Waals surface area contributed by atoms with Crippen molar-refractivity contribution in [3.05, 3.63) is 36.5 Å². The molecule has 1 aliphatic carbocycles. The van der Waals surface area contributed by atoms with Gasteiger partial charge >= 0.3 is 0 Å². The summed E-state index contributed by atoms with van der Waals surface area (Å²) in [6.07, 6.45) is 17.2. The molecular formula is C11H15NO. The molecular weight excluding hydrogens is 162 g/mol. The lowest BCUT2D eigenvalue weighted by Crippen LogP contribution is -1.91. The fourth-order valence-corrected chi connectivity index (χ4v) is 1.30. The van der Waals surface area contributed by atoms with E-state index in [9.17, 15) is 0 Å². The first kappa shape index (κ1) is 9.78. The van der Waals surface area contributed by atoms with Gasteiger partial charge in [-0.15, -0.1) is 5.16 Å². The third-order valence-corrected chi connectivity index (χ3v) is 2.00. The van der Waals surface area contributed by atoms with E-state index in [2.05, 4.69) is 29.5 Å². The predicted molar refractivity (Wildman–Crippen MR) is 55.0 cm³/mol. The molecule has 0 radical (unpaired) electrons. The Balaban J connectivity index is 2.21. The van der Waals surface area contributed by atoms with Gasteiger partial charge in [0.05, 0.1) is 0 Å². The average molecular weight is 177 g/mol. The van der Waals surface area contributed by atoms with Gasteiger partial charge < -0.3 is 5.21 Å². The molecule has 70 valence electrons. The molecule has 0 amide bonds. The van der Waals surface area contributed by atoms with Crippen LogP contribution in [0.25, 0.3) is 0 Å². The van der Waals surface area contributed by atoms with Gasteiger partial charge in [0.2, 0.25) is 0 Å². The molecule has 0 spiro atoms. The first-order valence-electron chi connectivity index (χ1n) is 4.61. The fourth-order valence-electron chi connectivity index (χ4n) is 1.30. The second-order valence-electron chi connectivity index (χ2n) is 3.05. The maximum absolute atomic E-state index is 8.18. The number of hydrogen-bond donors (Lipinski definition) is 1. The standard InChI is InChI=1S/C11H15NO/c13-12-10-6-5-9-11-7-3-1-2-4-8-11/h1-4,7-8,10-11,13H,5-6,9H2/b12-10+. The Morgan fingerprint density at radius 1 is 1.15 bits per heavy atom. The smallest absolute Gasteiger partial charge is 0.0435 e. The molecule has 0 aromatic carbocycles. The summed E-state index contributed by atoms with van der Waals surface area (Å²) < 4.78 is 0. The van der Waals surface area contributed by atoms with Crippen LogP contribution in [-0.4, -0.2) is 11.4 Å². The van der Waals surface area contributed by atoms with E-state index in [0.717, 1.165) is 19.3 Å². The van der Waals surface area contributed by atoms with Crippen molar-refractivity contribution in [3.63, 3.8) is 0 Å². The van der Waals surface area contributed by atoms with E-state index in [-0.39, 0.29) is 0 Å². The van der Waals surface area contributed by atoms with Crippen molar-refractivity contribution in [2.24, 2.45) is 11.1 Å². The van der Waals surface area contributed by atoms with Crippen LogP contribution < -0.4 is 0 Å². The molecule has 0 bridgehead atoms. The van der Waals surface area contributed by atoms with Crippen LogP contribution in [0.2, 0.25) is 0 Å². The van der Waals surface area contributed by atoms with E-state index < -0.39 is 0 Å². The SMILES string of the molecule is O/N=C/CCCC1C=CC=CC=C1. The van der Waals surface area contributed by atoms with Gasteiger partial charge in [0.1, 0.15) is 0 Å². The van der Waals surface area contributed by atoms with Gasteiger partial charge in [-0.1, -0.05) is 36.5 Å². The highest BCUT2D eigenvalue weighted by Crippen LogP contribution is 2.13. The predicted octanol–water partition coefficient (Wildman–Crippen LogP) is 2.92. The maximum atomic E-state index is 8.18. The lowest BCUT2D eigenvalue weighted by molar-refractivity contribution is 0.320. The Hall–Kier alpha value is -1.31. The van der Waals surface area contributed by atoms with Crippen molar-refractivity contribution in [2.75, 3.05) is 0 Å². The van der Waals surface area contributed by atoms with Crippen molar-refractivity contribution in [3.8, 4) is 0 Å². The molecule has 0 unspecified atom stereocenters. The first-order chi connectivity index (χ1) is 6.43. The molecule has 2 heteroatoms. The van der Waals surface area contributed by atoms with Crippen LogP contribution in [0.1, 0.15) is 19.3 Å². The van der Waals surface area contributed by atoms with E-state index in [4.69, 9.17) is 5.21 Å². The molecule has 0 aromatic heterocycles. The molecule has 0 atom stereocenters. The van der Waals surface area contributed by atoms with Gasteiger partial charge in [-0.2, -0.15) is 0 Å². The van der Waals surface area contributed by atoms with Gasteiger partial charge in [0, 0.05) is 6.21 Å². The maximum Gasteiger partial charge on any atom is 0.0435 e. The minimum absolute atomic E-state index is 0.530. The van der Waals surface area contributed by atoms with Gasteiger partial charge in [-0.3, -0.25) is 0 Å². The van der Waals surface area contributed by atoms with Crippen LogP contribution in [0, 0.1) is 5.92 Å². The molecule has 0 saturated heterocycles. The Bertz CT molecular complexity index is 222. The fraction of sp³-hybridized carbons (Fsp3) is 0.364. The van der Waals surface area contributed by atoms with E-state index in [0.29, 0.717) is 5.92 Å². The topological polar surface area (TPSA) is 32.6 Å². The summed E-state index contributed by atoms with van der Waals surface area (Å²) in [4.78, 5) is 0. The molecule has 1 N–H and O–H groups in total. The molecule has 0 saturated carbocycles. The number of unbranched alkanes of at least 4 members (excludes halogenated alkanes) is 1. The molecule has 0 aromatic rings. The Labute approximate surface area is 79.0 Å². The summed E-state index contributed by atoms with van der Waals surface area (Å²) >= 11 is 0. The number of oxime groups is 1. The third-order valence-electron chi connectivity index (χ3n) is 2.00. The summed E-state index contributed by atoms with van der Waals surface area (Å²) in [5.74, 6) is 0.530. The second kappa shape index (κ2) is 6.23. The molecule has 0 fully saturated rings. The highest BCUT2D eigenvalue weighted by molar-refractivity contribution is 5.55. The highest BCUT2D eigenvalue weighted by atomic mass is 16.4. The zero-order valence-electron chi connectivity index (χ0n) is 7.63. The summed E-state index contributed by atoms with van der Waals surface area (Å²) in [5.41, 5.74) is 0. The van der Waals surface area contributed by atoms with Gasteiger partial charge in [-0.05, 0) is 25.2 Å². The van der Waals surface area contributed by atoms with Crippen LogP contribution in [-0.2, 0) is 0 Å². The zero-order valence-corrected chi connectivity index (χ0v) is 7.63. The third kappa shape index (κ3) is 4.31. The van der Waals surface area contributed by atoms with Gasteiger partial charge in [0.15, 0.2) is 0 Å². The molecule has 0 heterocycles. The minimum Gasteiger partial charge on any atom is -0.411 e. The lowest BCUT2D eigenvalue weighted by Gasteiger charge is -2.04. The summed E-state index contributed by atoms with van der Waals surface area (Å²) in [5, 5.41) is 11.1. The molecule has 2 nitrogen and oxygen atoms in total. The molecule has 13 heavy (non-hydrogen) atoms. The highest BCUT2D eigenvalue weighted by Gasteiger charge is 1.99. The van der Waals surface area contributed by atoms with E-state index >= 15 is 0 Å².